The van der Waals surface area contributed by atoms with Crippen LogP contribution in [0.15, 0.2) is 29.3 Å². The summed E-state index contributed by atoms with van der Waals surface area (Å²) in [5, 5.41) is 6.67. The second-order valence-electron chi connectivity index (χ2n) is 7.02. The number of guanidine groups is 1. The quantitative estimate of drug-likeness (QED) is 0.403. The number of hydrogen-bond donors (Lipinski definition) is 2. The molecule has 0 heterocycles. The molecule has 28 heavy (non-hydrogen) atoms. The molecule has 1 unspecified atom stereocenters. The molecule has 1 aliphatic carbocycles. The molecule has 0 aromatic heterocycles. The summed E-state index contributed by atoms with van der Waals surface area (Å²) in [5.41, 5.74) is 0. The Bertz CT molecular complexity index is 646. The lowest BCUT2D eigenvalue weighted by atomic mass is 9.86. The lowest BCUT2D eigenvalue weighted by Gasteiger charge is -2.29. The van der Waals surface area contributed by atoms with Gasteiger partial charge in [-0.15, -0.1) is 0 Å². The van der Waals surface area contributed by atoms with Crippen LogP contribution in [0, 0.1) is 11.7 Å². The van der Waals surface area contributed by atoms with Gasteiger partial charge in [0.1, 0.15) is 6.10 Å². The van der Waals surface area contributed by atoms with Gasteiger partial charge in [-0.3, -0.25) is 4.79 Å². The van der Waals surface area contributed by atoms with Crippen molar-refractivity contribution in [3.8, 4) is 5.75 Å². The Morgan fingerprint density at radius 3 is 2.61 bits per heavy atom. The van der Waals surface area contributed by atoms with Crippen LogP contribution < -0.4 is 15.4 Å². The van der Waals surface area contributed by atoms with E-state index in [0.29, 0.717) is 19.1 Å². The van der Waals surface area contributed by atoms with Gasteiger partial charge in [0.15, 0.2) is 17.5 Å². The molecular formula is C21H32FN3O3. The fourth-order valence-corrected chi connectivity index (χ4v) is 3.26. The number of ether oxygens (including phenoxy) is 2. The van der Waals surface area contributed by atoms with E-state index in [2.05, 4.69) is 15.6 Å². The van der Waals surface area contributed by atoms with Crippen molar-refractivity contribution in [2.75, 3.05) is 19.7 Å². The minimum absolute atomic E-state index is 0.00622. The summed E-state index contributed by atoms with van der Waals surface area (Å²) in [6, 6.07) is 6.64. The van der Waals surface area contributed by atoms with Gasteiger partial charge in [0, 0.05) is 12.6 Å². The number of nitrogens with one attached hydrogen (secondary N) is 2. The van der Waals surface area contributed by atoms with Crippen LogP contribution >= 0.6 is 0 Å². The number of benzene rings is 1. The van der Waals surface area contributed by atoms with Gasteiger partial charge in [-0.2, -0.15) is 0 Å². The van der Waals surface area contributed by atoms with Gasteiger partial charge in [0.25, 0.3) is 0 Å². The zero-order chi connectivity index (χ0) is 20.4. The lowest BCUT2D eigenvalue weighted by Crippen LogP contribution is -2.45. The maximum absolute atomic E-state index is 13.7. The highest BCUT2D eigenvalue weighted by molar-refractivity contribution is 5.80. The first-order chi connectivity index (χ1) is 13.5. The van der Waals surface area contributed by atoms with Crippen LogP contribution in [-0.2, 0) is 9.53 Å². The van der Waals surface area contributed by atoms with E-state index >= 15 is 0 Å². The van der Waals surface area contributed by atoms with Crippen LogP contribution in [0.3, 0.4) is 0 Å². The third kappa shape index (κ3) is 7.02. The van der Waals surface area contributed by atoms with Crippen molar-refractivity contribution in [2.24, 2.45) is 10.9 Å². The highest BCUT2D eigenvalue weighted by Gasteiger charge is 2.27. The molecule has 7 heteroatoms. The van der Waals surface area contributed by atoms with Crippen molar-refractivity contribution in [1.82, 2.24) is 10.6 Å². The molecule has 0 spiro atoms. The SMILES string of the molecule is CCNC(=NCC(C)Oc1ccccc1F)NC1CCC(C(=O)OCC)CC1. The average Bonchev–Trinajstić information content (AvgIpc) is 2.69. The van der Waals surface area contributed by atoms with E-state index in [0.717, 1.165) is 32.2 Å². The van der Waals surface area contributed by atoms with E-state index in [-0.39, 0.29) is 35.6 Å². The molecule has 1 aliphatic rings. The van der Waals surface area contributed by atoms with Crippen molar-refractivity contribution in [1.29, 1.82) is 0 Å². The van der Waals surface area contributed by atoms with E-state index in [1.807, 2.05) is 20.8 Å². The van der Waals surface area contributed by atoms with Gasteiger partial charge in [-0.05, 0) is 58.6 Å². The number of rotatable bonds is 8. The second-order valence-corrected chi connectivity index (χ2v) is 7.02. The second kappa shape index (κ2) is 11.5. The van der Waals surface area contributed by atoms with Crippen LogP contribution in [-0.4, -0.2) is 43.8 Å². The van der Waals surface area contributed by atoms with Crippen LogP contribution in [0.1, 0.15) is 46.5 Å². The first kappa shape index (κ1) is 22.0. The highest BCUT2D eigenvalue weighted by Crippen LogP contribution is 2.25. The highest BCUT2D eigenvalue weighted by atomic mass is 19.1. The maximum atomic E-state index is 13.7. The summed E-state index contributed by atoms with van der Waals surface area (Å²) in [5.74, 6) is 0.501. The molecule has 0 bridgehead atoms. The van der Waals surface area contributed by atoms with Gasteiger partial charge < -0.3 is 20.1 Å². The zero-order valence-electron chi connectivity index (χ0n) is 17.0. The molecule has 0 radical (unpaired) electrons. The number of carbonyl (C=O) groups is 1. The number of esters is 1. The van der Waals surface area contributed by atoms with Crippen LogP contribution in [0.4, 0.5) is 4.39 Å². The Kier molecular flexibility index (Phi) is 9.04. The topological polar surface area (TPSA) is 72.0 Å². The summed E-state index contributed by atoms with van der Waals surface area (Å²) in [6.45, 7) is 7.29. The molecule has 1 fully saturated rings. The molecule has 1 aromatic carbocycles. The van der Waals surface area contributed by atoms with E-state index in [1.165, 1.54) is 6.07 Å². The summed E-state index contributed by atoms with van der Waals surface area (Å²) >= 11 is 0. The predicted octanol–water partition coefficient (Wildman–Crippen LogP) is 3.27. The Balaban J connectivity index is 1.83. The standard InChI is InChI=1S/C21H32FN3O3/c1-4-23-21(24-14-15(3)28-19-9-7-6-8-18(19)22)25-17-12-10-16(11-13-17)20(26)27-5-2/h6-9,15-17H,4-5,10-14H2,1-3H3,(H2,23,24,25). The molecule has 6 nitrogen and oxygen atoms in total. The molecular weight excluding hydrogens is 361 g/mol. The zero-order valence-corrected chi connectivity index (χ0v) is 17.0. The molecule has 0 saturated heterocycles. The van der Waals surface area contributed by atoms with Crippen molar-refractivity contribution in [2.45, 2.75) is 58.6 Å². The maximum Gasteiger partial charge on any atom is 0.308 e. The Hall–Kier alpha value is -2.31. The molecule has 2 N–H and O–H groups in total. The minimum atomic E-state index is -0.373. The molecule has 1 aromatic rings. The third-order valence-electron chi connectivity index (χ3n) is 4.70. The van der Waals surface area contributed by atoms with Crippen LogP contribution in [0.25, 0.3) is 0 Å². The monoisotopic (exact) mass is 393 g/mol. The molecule has 0 amide bonds. The Morgan fingerprint density at radius 1 is 1.25 bits per heavy atom. The van der Waals surface area contributed by atoms with Crippen LogP contribution in [0.5, 0.6) is 5.75 Å². The number of halogens is 1. The van der Waals surface area contributed by atoms with Gasteiger partial charge in [0.05, 0.1) is 19.1 Å². The fraction of sp³-hybridized carbons (Fsp3) is 0.619. The van der Waals surface area contributed by atoms with Crippen molar-refractivity contribution < 1.29 is 18.7 Å². The number of nitrogens with zero attached hydrogens (tertiary/aromatic N) is 1. The number of aliphatic imine (C=N–C) groups is 1. The van der Waals surface area contributed by atoms with E-state index < -0.39 is 0 Å². The third-order valence-corrected chi connectivity index (χ3v) is 4.70. The molecule has 0 aliphatic heterocycles. The Morgan fingerprint density at radius 2 is 1.96 bits per heavy atom. The van der Waals surface area contributed by atoms with Crippen LogP contribution in [0.2, 0.25) is 0 Å². The summed E-state index contributed by atoms with van der Waals surface area (Å²) in [4.78, 5) is 16.4. The fourth-order valence-electron chi connectivity index (χ4n) is 3.26. The number of hydrogen-bond acceptors (Lipinski definition) is 4. The molecule has 156 valence electrons. The van der Waals surface area contributed by atoms with E-state index in [4.69, 9.17) is 9.47 Å². The van der Waals surface area contributed by atoms with E-state index in [1.54, 1.807) is 18.2 Å². The van der Waals surface area contributed by atoms with Gasteiger partial charge in [-0.25, -0.2) is 9.38 Å². The lowest BCUT2D eigenvalue weighted by molar-refractivity contribution is -0.149. The summed E-state index contributed by atoms with van der Waals surface area (Å²) in [6.07, 6.45) is 3.18. The van der Waals surface area contributed by atoms with Gasteiger partial charge in [0.2, 0.25) is 0 Å². The molecule has 1 atom stereocenters. The summed E-state index contributed by atoms with van der Waals surface area (Å²) in [7, 11) is 0. The number of carbonyl (C=O) groups excluding carboxylic acids is 1. The molecule has 1 saturated carbocycles. The first-order valence-corrected chi connectivity index (χ1v) is 10.2. The van der Waals surface area contributed by atoms with Crippen molar-refractivity contribution in [3.63, 3.8) is 0 Å². The largest absolute Gasteiger partial charge is 0.486 e. The average molecular weight is 394 g/mol. The smallest absolute Gasteiger partial charge is 0.308 e. The Labute approximate surface area is 166 Å². The van der Waals surface area contributed by atoms with Crippen molar-refractivity contribution in [3.05, 3.63) is 30.1 Å². The predicted molar refractivity (Wildman–Crippen MR) is 108 cm³/mol. The summed E-state index contributed by atoms with van der Waals surface area (Å²) < 4.78 is 24.5. The minimum Gasteiger partial charge on any atom is -0.486 e. The normalized spacial score (nSPS) is 20.9. The number of para-hydroxylation sites is 1. The molecule has 2 rings (SSSR count). The van der Waals surface area contributed by atoms with Gasteiger partial charge >= 0.3 is 5.97 Å². The van der Waals surface area contributed by atoms with Gasteiger partial charge in [-0.1, -0.05) is 12.1 Å². The first-order valence-electron chi connectivity index (χ1n) is 10.2. The van der Waals surface area contributed by atoms with E-state index in [9.17, 15) is 9.18 Å². The van der Waals surface area contributed by atoms with Crippen molar-refractivity contribution >= 4 is 11.9 Å².